The summed E-state index contributed by atoms with van der Waals surface area (Å²) in [6.07, 6.45) is -23.3. The minimum absolute atomic E-state index is 0.105. The summed E-state index contributed by atoms with van der Waals surface area (Å²) < 4.78 is 174. The Morgan fingerprint density at radius 1 is 0.244 bits per heavy atom. The Hall–Kier alpha value is -9.20. The molecule has 8 aromatic rings. The Morgan fingerprint density at radius 3 is 0.628 bits per heavy atom. The van der Waals surface area contributed by atoms with Crippen LogP contribution in [0.5, 0.6) is 0 Å². The molecule has 0 aliphatic carbocycles. The van der Waals surface area contributed by atoms with Gasteiger partial charge < -0.3 is 22.9 Å². The largest absolute Gasteiger partial charge is 0.411 e. The highest BCUT2D eigenvalue weighted by Gasteiger charge is 2.73. The highest BCUT2D eigenvalue weighted by molar-refractivity contribution is 6.11. The first-order valence-corrected chi connectivity index (χ1v) is 22.8. The van der Waals surface area contributed by atoms with E-state index in [2.05, 4.69) is 0 Å². The van der Waals surface area contributed by atoms with Gasteiger partial charge in [0, 0.05) is 67.3 Å². The number of nitrogen functional groups attached to an aromatic ring is 4. The maximum absolute atomic E-state index is 14.5. The van der Waals surface area contributed by atoms with E-state index in [9.17, 15) is 71.9 Å². The van der Waals surface area contributed by atoms with Gasteiger partial charge in [-0.2, -0.15) is 52.7 Å². The second-order valence-electron chi connectivity index (χ2n) is 17.6. The minimum Gasteiger partial charge on any atom is -0.399 e. The normalized spacial score (nSPS) is 12.3. The van der Waals surface area contributed by atoms with Crippen LogP contribution in [0, 0.1) is 0 Å². The number of anilines is 4. The summed E-state index contributed by atoms with van der Waals surface area (Å²) in [5.41, 5.74) is 10.5. The van der Waals surface area contributed by atoms with Crippen LogP contribution in [-0.4, -0.2) is 47.8 Å². The van der Waals surface area contributed by atoms with Crippen molar-refractivity contribution in [1.82, 2.24) is 0 Å². The number of ketones is 4. The fourth-order valence-corrected chi connectivity index (χ4v) is 8.75. The second kappa shape index (κ2) is 21.4. The van der Waals surface area contributed by atoms with Crippen molar-refractivity contribution in [1.29, 1.82) is 0 Å². The molecule has 20 heteroatoms. The number of halogens is 12. The molecule has 0 bridgehead atoms. The Balaban J connectivity index is 0.000000226. The molecule has 400 valence electrons. The molecule has 0 spiro atoms. The molecule has 8 rings (SSSR count). The lowest BCUT2D eigenvalue weighted by Crippen LogP contribution is -2.54. The summed E-state index contributed by atoms with van der Waals surface area (Å²) in [5, 5.41) is 0. The van der Waals surface area contributed by atoms with Crippen LogP contribution in [-0.2, 0) is 10.8 Å². The Bertz CT molecular complexity index is 3250. The van der Waals surface area contributed by atoms with Crippen LogP contribution >= 0.6 is 0 Å². The van der Waals surface area contributed by atoms with Crippen molar-refractivity contribution in [3.05, 3.63) is 261 Å². The predicted molar refractivity (Wildman–Crippen MR) is 269 cm³/mol. The van der Waals surface area contributed by atoms with Gasteiger partial charge in [-0.25, -0.2) is 0 Å². The van der Waals surface area contributed by atoms with Crippen LogP contribution in [0.3, 0.4) is 0 Å². The molecule has 0 aromatic heterocycles. The molecule has 0 saturated carbocycles. The van der Waals surface area contributed by atoms with E-state index in [4.69, 9.17) is 22.9 Å². The summed E-state index contributed by atoms with van der Waals surface area (Å²) >= 11 is 0. The van der Waals surface area contributed by atoms with E-state index in [0.717, 1.165) is 48.5 Å². The quantitative estimate of drug-likeness (QED) is 0.0532. The van der Waals surface area contributed by atoms with E-state index in [1.54, 1.807) is 0 Å². The van der Waals surface area contributed by atoms with Crippen LogP contribution in [0.1, 0.15) is 85.9 Å². The lowest BCUT2D eigenvalue weighted by atomic mass is 9.72. The predicted octanol–water partition coefficient (Wildman–Crippen LogP) is 13.4. The highest BCUT2D eigenvalue weighted by atomic mass is 19.4. The van der Waals surface area contributed by atoms with Gasteiger partial charge in [-0.1, -0.05) is 121 Å². The fraction of sp³-hybridized carbons (Fsp3) is 0.103. The molecule has 0 radical (unpaired) electrons. The molecular formula is C58H40F12N4O4. The van der Waals surface area contributed by atoms with Crippen molar-refractivity contribution >= 4 is 45.9 Å². The highest BCUT2D eigenvalue weighted by Crippen LogP contribution is 2.58. The third kappa shape index (κ3) is 10.9. The molecule has 78 heavy (non-hydrogen) atoms. The zero-order chi connectivity index (χ0) is 57.2. The molecule has 8 aromatic carbocycles. The molecule has 8 nitrogen and oxygen atoms in total. The van der Waals surface area contributed by atoms with E-state index in [-0.39, 0.29) is 55.9 Å². The van der Waals surface area contributed by atoms with Crippen molar-refractivity contribution in [3.8, 4) is 0 Å². The van der Waals surface area contributed by atoms with Gasteiger partial charge in [-0.05, 0) is 95.1 Å². The number of rotatable bonds is 12. The first-order chi connectivity index (χ1) is 36.5. The average molecular weight is 1080 g/mol. The zero-order valence-electron chi connectivity index (χ0n) is 40.0. The Kier molecular flexibility index (Phi) is 15.5. The third-order valence-electron chi connectivity index (χ3n) is 12.7. The average Bonchev–Trinajstić information content (AvgIpc) is 3.53. The zero-order valence-corrected chi connectivity index (χ0v) is 40.0. The molecule has 0 aliphatic rings. The summed E-state index contributed by atoms with van der Waals surface area (Å²) in [6.45, 7) is 0. The molecule has 0 fully saturated rings. The van der Waals surface area contributed by atoms with E-state index < -0.39 is 80.9 Å². The monoisotopic (exact) mass is 1080 g/mol. The number of hydrogen-bond acceptors (Lipinski definition) is 8. The third-order valence-corrected chi connectivity index (χ3v) is 12.7. The van der Waals surface area contributed by atoms with Crippen LogP contribution in [0.4, 0.5) is 75.4 Å². The van der Waals surface area contributed by atoms with Crippen molar-refractivity contribution in [2.75, 3.05) is 22.9 Å². The molecule has 0 unspecified atom stereocenters. The van der Waals surface area contributed by atoms with Crippen LogP contribution in [0.25, 0.3) is 0 Å². The molecule has 0 amide bonds. The van der Waals surface area contributed by atoms with Gasteiger partial charge in [0.05, 0.1) is 0 Å². The maximum Gasteiger partial charge on any atom is 0.411 e. The topological polar surface area (TPSA) is 172 Å². The van der Waals surface area contributed by atoms with Crippen LogP contribution in [0.15, 0.2) is 194 Å². The van der Waals surface area contributed by atoms with E-state index in [1.807, 2.05) is 0 Å². The van der Waals surface area contributed by atoms with Gasteiger partial charge in [0.2, 0.25) is 10.8 Å². The van der Waals surface area contributed by atoms with Crippen molar-refractivity contribution < 1.29 is 71.9 Å². The summed E-state index contributed by atoms with van der Waals surface area (Å²) in [4.78, 5) is 50.8. The van der Waals surface area contributed by atoms with Crippen LogP contribution in [0.2, 0.25) is 0 Å². The van der Waals surface area contributed by atoms with Crippen molar-refractivity contribution in [2.45, 2.75) is 35.5 Å². The lowest BCUT2D eigenvalue weighted by Gasteiger charge is -2.38. The number of carbonyl (C=O) groups is 4. The number of benzene rings is 8. The first-order valence-electron chi connectivity index (χ1n) is 22.8. The van der Waals surface area contributed by atoms with Crippen LogP contribution < -0.4 is 22.9 Å². The van der Waals surface area contributed by atoms with Gasteiger partial charge in [0.25, 0.3) is 0 Å². The molecular weight excluding hydrogens is 1040 g/mol. The molecule has 0 saturated heterocycles. The fourth-order valence-electron chi connectivity index (χ4n) is 8.75. The van der Waals surface area contributed by atoms with Crippen molar-refractivity contribution in [3.63, 3.8) is 0 Å². The number of nitrogens with two attached hydrogens (primary N) is 4. The number of hydrogen-bond donors (Lipinski definition) is 4. The molecule has 0 aliphatic heterocycles. The van der Waals surface area contributed by atoms with Gasteiger partial charge in [-0.3, -0.25) is 19.2 Å². The summed E-state index contributed by atoms with van der Waals surface area (Å²) in [7, 11) is 0. The smallest absolute Gasteiger partial charge is 0.399 e. The van der Waals surface area contributed by atoms with E-state index in [1.165, 1.54) is 97.1 Å². The van der Waals surface area contributed by atoms with Gasteiger partial charge in [-0.15, -0.1) is 0 Å². The van der Waals surface area contributed by atoms with E-state index in [0.29, 0.717) is 59.9 Å². The SMILES string of the molecule is Nc1ccc(C(=O)c2ccc(C(c3ccc(C(=O)c4ccc(N)cc4)cc3)(C(F)(F)F)C(F)(F)F)cc2)cc1.Nc1cccc(C(=O)c2ccc(C(c3ccc(C(=O)c4cccc(N)c4)cc3)(C(F)(F)F)C(F)(F)F)cc2)c1. The number of alkyl halides is 12. The molecule has 8 N–H and O–H groups in total. The second-order valence-corrected chi connectivity index (χ2v) is 17.6. The summed E-state index contributed by atoms with van der Waals surface area (Å²) in [6, 6.07) is 35.3. The van der Waals surface area contributed by atoms with Gasteiger partial charge in [0.1, 0.15) is 0 Å². The molecule has 0 heterocycles. The van der Waals surface area contributed by atoms with Gasteiger partial charge >= 0.3 is 24.7 Å². The standard InChI is InChI=1S/2C29H20F6N2O2/c30-28(31,32)27(29(33,34)35,21-9-1-17(2-10-21)25(38)19-5-13-23(36)14-6-19)22-11-3-18(4-12-22)26(39)20-7-15-24(37)16-8-20;30-28(31,32)27(29(33,34)35,21-11-7-17(8-12-21)25(38)19-3-1-5-23(36)15-19)22-13-9-18(10-14-22)26(39)20-4-2-6-24(37)16-20/h2*1-16H,36-37H2. The first kappa shape index (κ1) is 56.5. The van der Waals surface area contributed by atoms with Gasteiger partial charge in [0.15, 0.2) is 23.1 Å². The van der Waals surface area contributed by atoms with E-state index >= 15 is 0 Å². The van der Waals surface area contributed by atoms with Crippen molar-refractivity contribution in [2.24, 2.45) is 0 Å². The maximum atomic E-state index is 14.5. The molecule has 0 atom stereocenters. The lowest BCUT2D eigenvalue weighted by molar-refractivity contribution is -0.290. The summed E-state index contributed by atoms with van der Waals surface area (Å²) in [5.74, 6) is -2.45. The minimum atomic E-state index is -5.83. The Labute approximate surface area is 435 Å². The number of carbonyl (C=O) groups excluding carboxylic acids is 4. The Morgan fingerprint density at radius 2 is 0.436 bits per heavy atom.